The van der Waals surface area contributed by atoms with E-state index in [0.717, 1.165) is 4.90 Å². The van der Waals surface area contributed by atoms with Crippen LogP contribution in [0, 0.1) is 0 Å². The van der Waals surface area contributed by atoms with Crippen LogP contribution >= 0.6 is 0 Å². The average Bonchev–Trinajstić information content (AvgIpc) is 3.03. The molecule has 34 heavy (non-hydrogen) atoms. The molecule has 3 aromatic rings. The second kappa shape index (κ2) is 8.42. The molecular weight excluding hydrogens is 454 g/mol. The summed E-state index contributed by atoms with van der Waals surface area (Å²) in [6, 6.07) is 19.2. The molecule has 4 rings (SSSR count). The van der Waals surface area contributed by atoms with E-state index in [2.05, 4.69) is 10.0 Å². The third-order valence-corrected chi connectivity index (χ3v) is 7.48. The summed E-state index contributed by atoms with van der Waals surface area (Å²) < 4.78 is 26.1. The molecular formula is C25H23N3O5S. The van der Waals surface area contributed by atoms with Crippen molar-refractivity contribution in [2.45, 2.75) is 25.5 Å². The zero-order valence-corrected chi connectivity index (χ0v) is 19.6. The van der Waals surface area contributed by atoms with E-state index in [9.17, 15) is 22.8 Å². The van der Waals surface area contributed by atoms with E-state index in [1.807, 2.05) is 0 Å². The molecule has 1 aliphatic rings. The highest BCUT2D eigenvalue weighted by Gasteiger charge is 2.36. The minimum absolute atomic E-state index is 0.207. The number of sulfonamides is 1. The van der Waals surface area contributed by atoms with Crippen molar-refractivity contribution in [3.8, 4) is 0 Å². The number of fused-ring (bicyclic) bond motifs is 1. The summed E-state index contributed by atoms with van der Waals surface area (Å²) in [5, 5.41) is 2.71. The number of carbonyl (C=O) groups is 3. The number of hydrogen-bond acceptors (Lipinski definition) is 5. The largest absolute Gasteiger partial charge is 0.322 e. The fraction of sp³-hybridized carbons (Fsp3) is 0.160. The standard InChI is InChI=1S/C25H23N3O5S/c1-25(2,3)34(32,33)27-17-11-9-16(10-12-17)22(29)26-18-13-14-20-21(15-18)24(31)28(23(20)30)19-7-5-4-6-8-19/h4-15,27H,1-3H3,(H,26,29). The van der Waals surface area contributed by atoms with Crippen molar-refractivity contribution in [1.29, 1.82) is 0 Å². The first-order valence-electron chi connectivity index (χ1n) is 10.5. The van der Waals surface area contributed by atoms with Crippen molar-refractivity contribution in [3.05, 3.63) is 89.5 Å². The van der Waals surface area contributed by atoms with Crippen LogP contribution in [0.15, 0.2) is 72.8 Å². The van der Waals surface area contributed by atoms with Crippen LogP contribution in [0.3, 0.4) is 0 Å². The lowest BCUT2D eigenvalue weighted by atomic mass is 10.1. The number of imide groups is 1. The minimum Gasteiger partial charge on any atom is -0.322 e. The minimum atomic E-state index is -3.59. The lowest BCUT2D eigenvalue weighted by Crippen LogP contribution is -2.33. The predicted molar refractivity (Wildman–Crippen MR) is 131 cm³/mol. The summed E-state index contributed by atoms with van der Waals surface area (Å²) in [5.41, 5.74) is 1.95. The van der Waals surface area contributed by atoms with Crippen molar-refractivity contribution in [1.82, 2.24) is 0 Å². The Morgan fingerprint density at radius 3 is 2.00 bits per heavy atom. The molecule has 0 unspecified atom stereocenters. The van der Waals surface area contributed by atoms with Crippen molar-refractivity contribution < 1.29 is 22.8 Å². The van der Waals surface area contributed by atoms with E-state index in [1.165, 1.54) is 36.4 Å². The van der Waals surface area contributed by atoms with Crippen LogP contribution in [0.5, 0.6) is 0 Å². The van der Waals surface area contributed by atoms with Gasteiger partial charge in [0, 0.05) is 16.9 Å². The number of amides is 3. The highest BCUT2D eigenvalue weighted by Crippen LogP contribution is 2.30. The van der Waals surface area contributed by atoms with Crippen molar-refractivity contribution in [2.75, 3.05) is 14.9 Å². The van der Waals surface area contributed by atoms with Crippen molar-refractivity contribution >= 4 is 44.8 Å². The molecule has 2 N–H and O–H groups in total. The first-order chi connectivity index (χ1) is 16.0. The molecule has 1 heterocycles. The van der Waals surface area contributed by atoms with Gasteiger partial charge in [0.2, 0.25) is 10.0 Å². The maximum Gasteiger partial charge on any atom is 0.266 e. The van der Waals surface area contributed by atoms with Gasteiger partial charge in [-0.15, -0.1) is 0 Å². The van der Waals surface area contributed by atoms with Gasteiger partial charge < -0.3 is 5.32 Å². The Labute approximate surface area is 197 Å². The molecule has 1 aliphatic heterocycles. The van der Waals surface area contributed by atoms with Gasteiger partial charge in [0.05, 0.1) is 21.6 Å². The van der Waals surface area contributed by atoms with Gasteiger partial charge in [-0.2, -0.15) is 0 Å². The number of anilines is 3. The van der Waals surface area contributed by atoms with Gasteiger partial charge in [-0.25, -0.2) is 13.3 Å². The highest BCUT2D eigenvalue weighted by molar-refractivity contribution is 7.94. The van der Waals surface area contributed by atoms with Crippen molar-refractivity contribution in [3.63, 3.8) is 0 Å². The Hall–Kier alpha value is -3.98. The van der Waals surface area contributed by atoms with E-state index in [4.69, 9.17) is 0 Å². The molecule has 0 aromatic heterocycles. The van der Waals surface area contributed by atoms with E-state index >= 15 is 0 Å². The summed E-state index contributed by atoms with van der Waals surface area (Å²) in [6.45, 7) is 4.77. The Morgan fingerprint density at radius 1 is 0.794 bits per heavy atom. The molecule has 3 aromatic carbocycles. The van der Waals surface area contributed by atoms with Crippen molar-refractivity contribution in [2.24, 2.45) is 0 Å². The van der Waals surface area contributed by atoms with Crippen LogP contribution in [-0.2, 0) is 10.0 Å². The van der Waals surface area contributed by atoms with E-state index in [1.54, 1.807) is 57.2 Å². The first-order valence-corrected chi connectivity index (χ1v) is 12.0. The molecule has 3 amide bonds. The summed E-state index contributed by atoms with van der Waals surface area (Å²) in [4.78, 5) is 39.4. The van der Waals surface area contributed by atoms with E-state index in [0.29, 0.717) is 22.6 Å². The Balaban J connectivity index is 1.50. The Kier molecular flexibility index (Phi) is 5.74. The number of carbonyl (C=O) groups excluding carboxylic acids is 3. The molecule has 0 fully saturated rings. The third kappa shape index (κ3) is 4.29. The van der Waals surface area contributed by atoms with Crippen LogP contribution in [0.4, 0.5) is 17.1 Å². The lowest BCUT2D eigenvalue weighted by molar-refractivity contribution is 0.0924. The second-order valence-electron chi connectivity index (χ2n) is 8.79. The zero-order valence-electron chi connectivity index (χ0n) is 18.8. The van der Waals surface area contributed by atoms with Crippen LogP contribution in [0.1, 0.15) is 51.8 Å². The Morgan fingerprint density at radius 2 is 1.38 bits per heavy atom. The fourth-order valence-electron chi connectivity index (χ4n) is 3.33. The third-order valence-electron chi connectivity index (χ3n) is 5.36. The summed E-state index contributed by atoms with van der Waals surface area (Å²) >= 11 is 0. The average molecular weight is 478 g/mol. The zero-order chi connectivity index (χ0) is 24.7. The summed E-state index contributed by atoms with van der Waals surface area (Å²) in [7, 11) is -3.59. The van der Waals surface area contributed by atoms with Gasteiger partial charge >= 0.3 is 0 Å². The molecule has 0 aliphatic carbocycles. The first kappa shape index (κ1) is 23.2. The number of nitrogens with one attached hydrogen (secondary N) is 2. The number of hydrogen-bond donors (Lipinski definition) is 2. The molecule has 0 spiro atoms. The molecule has 0 saturated carbocycles. The molecule has 0 saturated heterocycles. The highest BCUT2D eigenvalue weighted by atomic mass is 32.2. The molecule has 8 nitrogen and oxygen atoms in total. The monoisotopic (exact) mass is 477 g/mol. The fourth-order valence-corrected chi connectivity index (χ4v) is 4.08. The number of rotatable bonds is 5. The normalized spacial score (nSPS) is 13.6. The predicted octanol–water partition coefficient (Wildman–Crippen LogP) is 4.28. The van der Waals surface area contributed by atoms with Gasteiger partial charge in [-0.3, -0.25) is 19.1 Å². The number of benzene rings is 3. The van der Waals surface area contributed by atoms with Crippen LogP contribution < -0.4 is 14.9 Å². The van der Waals surface area contributed by atoms with Crippen LogP contribution in [-0.4, -0.2) is 30.9 Å². The number of nitrogens with zero attached hydrogens (tertiary/aromatic N) is 1. The SMILES string of the molecule is CC(C)(C)S(=O)(=O)Nc1ccc(C(=O)Nc2ccc3c(c2)C(=O)N(c2ccccc2)C3=O)cc1. The number of para-hydroxylation sites is 1. The van der Waals surface area contributed by atoms with Gasteiger partial charge in [0.1, 0.15) is 0 Å². The molecule has 0 bridgehead atoms. The van der Waals surface area contributed by atoms with E-state index < -0.39 is 32.5 Å². The van der Waals surface area contributed by atoms with Gasteiger partial charge in [-0.1, -0.05) is 18.2 Å². The second-order valence-corrected chi connectivity index (χ2v) is 11.2. The smallest absolute Gasteiger partial charge is 0.266 e. The maximum atomic E-state index is 12.9. The topological polar surface area (TPSA) is 113 Å². The van der Waals surface area contributed by atoms with Crippen LogP contribution in [0.2, 0.25) is 0 Å². The Bertz CT molecular complexity index is 1390. The molecule has 9 heteroatoms. The molecule has 0 atom stereocenters. The van der Waals surface area contributed by atoms with Gasteiger partial charge in [-0.05, 0) is 75.4 Å². The van der Waals surface area contributed by atoms with Gasteiger partial charge in [0.25, 0.3) is 17.7 Å². The quantitative estimate of drug-likeness (QED) is 0.533. The maximum absolute atomic E-state index is 12.9. The van der Waals surface area contributed by atoms with Crippen LogP contribution in [0.25, 0.3) is 0 Å². The molecule has 174 valence electrons. The lowest BCUT2D eigenvalue weighted by Gasteiger charge is -2.20. The summed E-state index contributed by atoms with van der Waals surface area (Å²) in [5.74, 6) is -1.32. The summed E-state index contributed by atoms with van der Waals surface area (Å²) in [6.07, 6.45) is 0. The molecule has 0 radical (unpaired) electrons. The van der Waals surface area contributed by atoms with Gasteiger partial charge in [0.15, 0.2) is 0 Å². The van der Waals surface area contributed by atoms with E-state index in [-0.39, 0.29) is 11.1 Å².